The summed E-state index contributed by atoms with van der Waals surface area (Å²) in [5.74, 6) is 1.08. The molecule has 0 spiro atoms. The number of hydrogen-bond donors (Lipinski definition) is 1. The monoisotopic (exact) mass is 222 g/mol. The molecule has 1 aromatic rings. The Labute approximate surface area is 93.6 Å². The first kappa shape index (κ1) is 10.9. The highest BCUT2D eigenvalue weighted by Crippen LogP contribution is 2.22. The number of hydrogen-bond acceptors (Lipinski definition) is 6. The largest absolute Gasteiger partial charge is 0.424 e. The van der Waals surface area contributed by atoms with Crippen molar-refractivity contribution in [3.8, 4) is 6.07 Å². The molecule has 0 atom stereocenters. The van der Waals surface area contributed by atoms with Crippen LogP contribution in [-0.4, -0.2) is 37.8 Å². The number of rotatable bonds is 3. The Kier molecular flexibility index (Phi) is 3.39. The fraction of sp³-hybridized carbons (Fsp3) is 0.600. The third-order valence-electron chi connectivity index (χ3n) is 2.42. The van der Waals surface area contributed by atoms with E-state index in [1.807, 2.05) is 11.0 Å². The summed E-state index contributed by atoms with van der Waals surface area (Å²) >= 11 is 0. The number of ether oxygens (including phenoxy) is 1. The molecule has 16 heavy (non-hydrogen) atoms. The van der Waals surface area contributed by atoms with Crippen LogP contribution in [0.5, 0.6) is 0 Å². The summed E-state index contributed by atoms with van der Waals surface area (Å²) in [6, 6.07) is 2.04. The van der Waals surface area contributed by atoms with Gasteiger partial charge in [-0.15, -0.1) is 0 Å². The second kappa shape index (κ2) is 4.96. The van der Waals surface area contributed by atoms with E-state index < -0.39 is 0 Å². The van der Waals surface area contributed by atoms with Crippen LogP contribution < -0.4 is 10.6 Å². The van der Waals surface area contributed by atoms with Crippen molar-refractivity contribution in [3.05, 3.63) is 11.6 Å². The number of aromatic nitrogens is 1. The highest BCUT2D eigenvalue weighted by molar-refractivity contribution is 5.48. The van der Waals surface area contributed by atoms with Gasteiger partial charge in [0.15, 0.2) is 5.89 Å². The van der Waals surface area contributed by atoms with Gasteiger partial charge in [-0.1, -0.05) is 0 Å². The maximum atomic E-state index is 8.97. The zero-order valence-electron chi connectivity index (χ0n) is 8.98. The lowest BCUT2D eigenvalue weighted by Crippen LogP contribution is -2.36. The van der Waals surface area contributed by atoms with Crippen molar-refractivity contribution in [2.75, 3.05) is 37.7 Å². The predicted molar refractivity (Wildman–Crippen MR) is 57.0 cm³/mol. The molecule has 1 aliphatic rings. The molecule has 2 rings (SSSR count). The number of morpholine rings is 1. The van der Waals surface area contributed by atoms with Crippen LogP contribution in [0.2, 0.25) is 0 Å². The van der Waals surface area contributed by atoms with E-state index in [1.165, 1.54) is 0 Å². The summed E-state index contributed by atoms with van der Waals surface area (Å²) in [6.07, 6.45) is 0.555. The average Bonchev–Trinajstić information content (AvgIpc) is 2.74. The van der Waals surface area contributed by atoms with E-state index in [9.17, 15) is 0 Å². The summed E-state index contributed by atoms with van der Waals surface area (Å²) in [5, 5.41) is 8.97. The molecule has 1 aliphatic heterocycles. The van der Waals surface area contributed by atoms with Crippen LogP contribution in [0.25, 0.3) is 0 Å². The zero-order valence-corrected chi connectivity index (χ0v) is 8.98. The molecule has 0 saturated carbocycles. The SMILES string of the molecule is N#Cc1nc(CCN)oc1N1CCOCC1. The molecule has 0 aromatic carbocycles. The Morgan fingerprint density at radius 3 is 2.81 bits per heavy atom. The minimum Gasteiger partial charge on any atom is -0.424 e. The van der Waals surface area contributed by atoms with Crippen LogP contribution in [0.1, 0.15) is 11.6 Å². The van der Waals surface area contributed by atoms with Crippen molar-refractivity contribution in [3.63, 3.8) is 0 Å². The molecule has 0 amide bonds. The van der Waals surface area contributed by atoms with Gasteiger partial charge < -0.3 is 19.8 Å². The van der Waals surface area contributed by atoms with Gasteiger partial charge in [0.05, 0.1) is 13.2 Å². The van der Waals surface area contributed by atoms with Gasteiger partial charge >= 0.3 is 0 Å². The lowest BCUT2D eigenvalue weighted by atomic mass is 10.4. The summed E-state index contributed by atoms with van der Waals surface area (Å²) < 4.78 is 10.8. The summed E-state index contributed by atoms with van der Waals surface area (Å²) in [5.41, 5.74) is 5.76. The molecule has 1 saturated heterocycles. The van der Waals surface area contributed by atoms with E-state index in [-0.39, 0.29) is 0 Å². The first-order valence-corrected chi connectivity index (χ1v) is 5.27. The van der Waals surface area contributed by atoms with Crippen molar-refractivity contribution < 1.29 is 9.15 Å². The number of nitrogens with two attached hydrogens (primary N) is 1. The topological polar surface area (TPSA) is 88.3 Å². The van der Waals surface area contributed by atoms with Gasteiger partial charge in [-0.25, -0.2) is 4.98 Å². The zero-order chi connectivity index (χ0) is 11.4. The maximum absolute atomic E-state index is 8.97. The minimum absolute atomic E-state index is 0.338. The van der Waals surface area contributed by atoms with Gasteiger partial charge in [-0.3, -0.25) is 0 Å². The first-order chi connectivity index (χ1) is 7.85. The number of oxazole rings is 1. The van der Waals surface area contributed by atoms with E-state index in [1.54, 1.807) is 0 Å². The van der Waals surface area contributed by atoms with E-state index in [0.29, 0.717) is 43.6 Å². The molecular formula is C10H14N4O2. The van der Waals surface area contributed by atoms with Gasteiger partial charge in [-0.05, 0) is 0 Å². The molecule has 6 nitrogen and oxygen atoms in total. The van der Waals surface area contributed by atoms with Crippen molar-refractivity contribution in [2.24, 2.45) is 5.73 Å². The normalized spacial score (nSPS) is 16.1. The number of anilines is 1. The van der Waals surface area contributed by atoms with Crippen LogP contribution in [-0.2, 0) is 11.2 Å². The quantitative estimate of drug-likeness (QED) is 0.767. The van der Waals surface area contributed by atoms with Crippen LogP contribution in [0.4, 0.5) is 5.88 Å². The Bertz CT molecular complexity index is 390. The highest BCUT2D eigenvalue weighted by atomic mass is 16.5. The van der Waals surface area contributed by atoms with Crippen molar-refractivity contribution in [1.82, 2.24) is 4.98 Å². The van der Waals surface area contributed by atoms with Crippen LogP contribution in [0.3, 0.4) is 0 Å². The van der Waals surface area contributed by atoms with Gasteiger partial charge in [0.2, 0.25) is 11.6 Å². The lowest BCUT2D eigenvalue weighted by Gasteiger charge is -2.25. The molecule has 1 aromatic heterocycles. The average molecular weight is 222 g/mol. The van der Waals surface area contributed by atoms with Crippen LogP contribution >= 0.6 is 0 Å². The van der Waals surface area contributed by atoms with Crippen molar-refractivity contribution in [2.45, 2.75) is 6.42 Å². The van der Waals surface area contributed by atoms with E-state index in [2.05, 4.69) is 4.98 Å². The van der Waals surface area contributed by atoms with Gasteiger partial charge in [0, 0.05) is 26.1 Å². The molecule has 2 N–H and O–H groups in total. The molecule has 2 heterocycles. The van der Waals surface area contributed by atoms with Gasteiger partial charge in [0.25, 0.3) is 0 Å². The van der Waals surface area contributed by atoms with Crippen molar-refractivity contribution in [1.29, 1.82) is 5.26 Å². The van der Waals surface area contributed by atoms with Gasteiger partial charge in [0.1, 0.15) is 6.07 Å². The van der Waals surface area contributed by atoms with E-state index in [0.717, 1.165) is 13.1 Å². The predicted octanol–water partition coefficient (Wildman–Crippen LogP) is -0.116. The molecule has 1 fully saturated rings. The highest BCUT2D eigenvalue weighted by Gasteiger charge is 2.21. The van der Waals surface area contributed by atoms with Crippen LogP contribution in [0, 0.1) is 11.3 Å². The fourth-order valence-electron chi connectivity index (χ4n) is 1.64. The first-order valence-electron chi connectivity index (χ1n) is 5.27. The molecule has 0 aliphatic carbocycles. The molecule has 86 valence electrons. The molecule has 0 bridgehead atoms. The third-order valence-corrected chi connectivity index (χ3v) is 2.42. The lowest BCUT2D eigenvalue weighted by molar-refractivity contribution is 0.120. The fourth-order valence-corrected chi connectivity index (χ4v) is 1.64. The van der Waals surface area contributed by atoms with Gasteiger partial charge in [-0.2, -0.15) is 5.26 Å². The number of nitriles is 1. The maximum Gasteiger partial charge on any atom is 0.234 e. The van der Waals surface area contributed by atoms with Crippen LogP contribution in [0.15, 0.2) is 4.42 Å². The number of nitrogens with zero attached hydrogens (tertiary/aromatic N) is 3. The Morgan fingerprint density at radius 2 is 2.19 bits per heavy atom. The summed E-state index contributed by atoms with van der Waals surface area (Å²) in [4.78, 5) is 6.08. The standard InChI is InChI=1S/C10H14N4O2/c11-2-1-9-13-8(7-12)10(16-9)14-3-5-15-6-4-14/h1-6,11H2. The molecule has 0 unspecified atom stereocenters. The van der Waals surface area contributed by atoms with Crippen molar-refractivity contribution >= 4 is 5.88 Å². The molecular weight excluding hydrogens is 208 g/mol. The Balaban J connectivity index is 2.20. The second-order valence-corrected chi connectivity index (χ2v) is 3.51. The third kappa shape index (κ3) is 2.15. The minimum atomic E-state index is 0.338. The summed E-state index contributed by atoms with van der Waals surface area (Å²) in [6.45, 7) is 3.22. The Hall–Kier alpha value is -1.58. The second-order valence-electron chi connectivity index (χ2n) is 3.51. The Morgan fingerprint density at radius 1 is 1.44 bits per heavy atom. The molecule has 0 radical (unpaired) electrons. The smallest absolute Gasteiger partial charge is 0.234 e. The van der Waals surface area contributed by atoms with E-state index >= 15 is 0 Å². The summed E-state index contributed by atoms with van der Waals surface area (Å²) in [7, 11) is 0. The van der Waals surface area contributed by atoms with E-state index in [4.69, 9.17) is 20.1 Å². The molecule has 6 heteroatoms.